The van der Waals surface area contributed by atoms with Gasteiger partial charge in [0.15, 0.2) is 0 Å². The average Bonchev–Trinajstić information content (AvgIpc) is 3.13. The number of aliphatic hydroxyl groups is 1. The molecule has 0 aliphatic carbocycles. The largest absolute Gasteiger partial charge is 0.445 e. The van der Waals surface area contributed by atoms with Crippen molar-refractivity contribution in [2.24, 2.45) is 0 Å². The van der Waals surface area contributed by atoms with Gasteiger partial charge in [0.2, 0.25) is 5.91 Å². The lowest BCUT2D eigenvalue weighted by Crippen LogP contribution is -2.55. The fraction of sp³-hybridized carbons (Fsp3) is 0.591. The normalized spacial score (nSPS) is 21.7. The lowest BCUT2D eigenvalue weighted by atomic mass is 10.1. The molecule has 1 N–H and O–H groups in total. The number of carbonyl (C=O) groups excluding carboxylic acids is 3. The minimum absolute atomic E-state index is 0.0666. The molecule has 1 aromatic rings. The van der Waals surface area contributed by atoms with Gasteiger partial charge in [-0.05, 0) is 26.3 Å². The highest BCUT2D eigenvalue weighted by Crippen LogP contribution is 2.23. The number of hydrogen-bond acceptors (Lipinski definition) is 6. The van der Waals surface area contributed by atoms with Gasteiger partial charge >= 0.3 is 12.2 Å². The van der Waals surface area contributed by atoms with Gasteiger partial charge in [-0.15, -0.1) is 0 Å². The number of benzene rings is 1. The first-order valence-electron chi connectivity index (χ1n) is 10.6. The monoisotopic (exact) mass is 433 g/mol. The van der Waals surface area contributed by atoms with E-state index >= 15 is 0 Å². The smallest absolute Gasteiger partial charge is 0.411 e. The highest BCUT2D eigenvalue weighted by molar-refractivity contribution is 5.86. The Hall–Kier alpha value is -2.81. The van der Waals surface area contributed by atoms with Crippen LogP contribution in [0, 0.1) is 0 Å². The van der Waals surface area contributed by atoms with E-state index in [1.807, 2.05) is 30.3 Å². The molecule has 0 spiro atoms. The molecule has 0 aromatic heterocycles. The zero-order chi connectivity index (χ0) is 22.6. The van der Waals surface area contributed by atoms with Gasteiger partial charge in [-0.2, -0.15) is 0 Å². The highest BCUT2D eigenvalue weighted by atomic mass is 16.6. The molecule has 9 heteroatoms. The van der Waals surface area contributed by atoms with Crippen LogP contribution >= 0.6 is 0 Å². The van der Waals surface area contributed by atoms with Gasteiger partial charge in [0.25, 0.3) is 0 Å². The third-order valence-electron chi connectivity index (χ3n) is 5.25. The number of carbonyl (C=O) groups is 3. The maximum atomic E-state index is 13.0. The van der Waals surface area contributed by atoms with Crippen LogP contribution in [0.5, 0.6) is 0 Å². The maximum absolute atomic E-state index is 13.0. The van der Waals surface area contributed by atoms with E-state index in [-0.39, 0.29) is 25.5 Å². The summed E-state index contributed by atoms with van der Waals surface area (Å²) in [7, 11) is 0. The van der Waals surface area contributed by atoms with E-state index in [1.165, 1.54) is 4.90 Å². The van der Waals surface area contributed by atoms with E-state index in [4.69, 9.17) is 9.47 Å². The zero-order valence-electron chi connectivity index (χ0n) is 18.3. The minimum Gasteiger partial charge on any atom is -0.445 e. The Balaban J connectivity index is 1.51. The van der Waals surface area contributed by atoms with Gasteiger partial charge in [0.05, 0.1) is 12.6 Å². The summed E-state index contributed by atoms with van der Waals surface area (Å²) in [6.45, 7) is 6.91. The number of ether oxygens (including phenoxy) is 2. The number of nitrogens with zero attached hydrogens (tertiary/aromatic N) is 3. The van der Waals surface area contributed by atoms with Crippen molar-refractivity contribution in [3.05, 3.63) is 35.9 Å². The maximum Gasteiger partial charge on any atom is 0.411 e. The molecule has 9 nitrogen and oxygen atoms in total. The van der Waals surface area contributed by atoms with Gasteiger partial charge in [-0.1, -0.05) is 30.3 Å². The van der Waals surface area contributed by atoms with Gasteiger partial charge in [-0.3, -0.25) is 9.69 Å². The van der Waals surface area contributed by atoms with E-state index < -0.39 is 29.9 Å². The van der Waals surface area contributed by atoms with Crippen molar-refractivity contribution in [3.63, 3.8) is 0 Å². The first-order chi connectivity index (χ1) is 14.6. The summed E-state index contributed by atoms with van der Waals surface area (Å²) in [5.74, 6) is -0.236. The molecule has 0 unspecified atom stereocenters. The fourth-order valence-corrected chi connectivity index (χ4v) is 3.70. The summed E-state index contributed by atoms with van der Waals surface area (Å²) in [5, 5.41) is 10.0. The Morgan fingerprint density at radius 2 is 1.61 bits per heavy atom. The quantitative estimate of drug-likeness (QED) is 0.781. The summed E-state index contributed by atoms with van der Waals surface area (Å²) < 4.78 is 10.7. The number of likely N-dealkylation sites (tertiary alicyclic amines) is 1. The average molecular weight is 434 g/mol. The van der Waals surface area contributed by atoms with Gasteiger partial charge in [0, 0.05) is 32.6 Å². The Bertz CT molecular complexity index is 786. The Morgan fingerprint density at radius 1 is 1.00 bits per heavy atom. The second-order valence-corrected chi connectivity index (χ2v) is 8.89. The number of β-amino-alcohol motifs (C(OH)–C–C–N with tert-alkyl or cyclic N) is 1. The lowest BCUT2D eigenvalue weighted by molar-refractivity contribution is -0.137. The van der Waals surface area contributed by atoms with Crippen LogP contribution in [-0.2, 0) is 20.9 Å². The Labute approximate surface area is 182 Å². The van der Waals surface area contributed by atoms with Gasteiger partial charge in [-0.25, -0.2) is 9.59 Å². The summed E-state index contributed by atoms with van der Waals surface area (Å²) in [6, 6.07) is 8.67. The van der Waals surface area contributed by atoms with Crippen LogP contribution in [0.25, 0.3) is 0 Å². The lowest BCUT2D eigenvalue weighted by Gasteiger charge is -2.37. The van der Waals surface area contributed by atoms with Crippen LogP contribution < -0.4 is 0 Å². The van der Waals surface area contributed by atoms with E-state index in [1.54, 1.807) is 30.6 Å². The molecule has 3 rings (SSSR count). The fourth-order valence-electron chi connectivity index (χ4n) is 3.70. The number of aliphatic hydroxyl groups excluding tert-OH is 1. The van der Waals surface area contributed by atoms with Gasteiger partial charge < -0.3 is 24.4 Å². The molecular weight excluding hydrogens is 402 g/mol. The number of rotatable bonds is 3. The Morgan fingerprint density at radius 3 is 2.23 bits per heavy atom. The molecule has 0 saturated carbocycles. The van der Waals surface area contributed by atoms with E-state index in [2.05, 4.69) is 0 Å². The zero-order valence-corrected chi connectivity index (χ0v) is 18.3. The van der Waals surface area contributed by atoms with Crippen molar-refractivity contribution in [2.45, 2.75) is 51.5 Å². The molecule has 2 aliphatic heterocycles. The Kier molecular flexibility index (Phi) is 7.04. The summed E-state index contributed by atoms with van der Waals surface area (Å²) in [4.78, 5) is 42.4. The van der Waals surface area contributed by atoms with Crippen molar-refractivity contribution in [1.82, 2.24) is 14.7 Å². The van der Waals surface area contributed by atoms with Crippen LogP contribution in [0.2, 0.25) is 0 Å². The standard InChI is InChI=1S/C22H31N3O6/c1-22(2,3)31-21(29)25-14-17(26)13-18(25)19(27)23-9-11-24(12-10-23)20(28)30-15-16-7-5-4-6-8-16/h4-8,17-18,26H,9-15H2,1-3H3/t17-,18-/m1/s1. The van der Waals surface area contributed by atoms with Crippen LogP contribution in [-0.4, -0.2) is 88.4 Å². The first kappa shape index (κ1) is 22.9. The van der Waals surface area contributed by atoms with E-state index in [0.29, 0.717) is 26.2 Å². The van der Waals surface area contributed by atoms with E-state index in [9.17, 15) is 19.5 Å². The van der Waals surface area contributed by atoms with Crippen molar-refractivity contribution < 1.29 is 29.0 Å². The summed E-state index contributed by atoms with van der Waals surface area (Å²) >= 11 is 0. The molecule has 3 amide bonds. The molecule has 0 bridgehead atoms. The summed E-state index contributed by atoms with van der Waals surface area (Å²) in [6.07, 6.45) is -1.61. The van der Waals surface area contributed by atoms with Crippen molar-refractivity contribution >= 4 is 18.1 Å². The van der Waals surface area contributed by atoms with Crippen molar-refractivity contribution in [2.75, 3.05) is 32.7 Å². The topological polar surface area (TPSA) is 99.6 Å². The molecule has 2 aliphatic rings. The van der Waals surface area contributed by atoms with Crippen molar-refractivity contribution in [3.8, 4) is 0 Å². The molecule has 170 valence electrons. The van der Waals surface area contributed by atoms with Crippen LogP contribution in [0.1, 0.15) is 32.8 Å². The van der Waals surface area contributed by atoms with Gasteiger partial charge in [0.1, 0.15) is 18.2 Å². The molecular formula is C22H31N3O6. The van der Waals surface area contributed by atoms with E-state index in [0.717, 1.165) is 5.56 Å². The highest BCUT2D eigenvalue weighted by Gasteiger charge is 2.43. The second kappa shape index (κ2) is 9.55. The number of piperazine rings is 1. The molecule has 31 heavy (non-hydrogen) atoms. The molecule has 1 aromatic carbocycles. The second-order valence-electron chi connectivity index (χ2n) is 8.89. The molecule has 2 heterocycles. The molecule has 2 saturated heterocycles. The molecule has 2 atom stereocenters. The summed E-state index contributed by atoms with van der Waals surface area (Å²) in [5.41, 5.74) is 0.218. The predicted molar refractivity (Wildman–Crippen MR) is 112 cm³/mol. The number of hydrogen-bond donors (Lipinski definition) is 1. The third-order valence-corrected chi connectivity index (χ3v) is 5.25. The molecule has 0 radical (unpaired) electrons. The first-order valence-corrected chi connectivity index (χ1v) is 10.6. The third kappa shape index (κ3) is 6.10. The SMILES string of the molecule is CC(C)(C)OC(=O)N1C[C@H](O)C[C@@H]1C(=O)N1CCN(C(=O)OCc2ccccc2)CC1. The minimum atomic E-state index is -0.768. The van der Waals surface area contributed by atoms with Crippen LogP contribution in [0.3, 0.4) is 0 Å². The van der Waals surface area contributed by atoms with Crippen molar-refractivity contribution in [1.29, 1.82) is 0 Å². The predicted octanol–water partition coefficient (Wildman–Crippen LogP) is 1.84. The van der Waals surface area contributed by atoms with Crippen LogP contribution in [0.4, 0.5) is 9.59 Å². The molecule has 2 fully saturated rings. The number of amides is 3. The van der Waals surface area contributed by atoms with Crippen LogP contribution in [0.15, 0.2) is 30.3 Å².